The molecule has 4 heteroatoms. The molecule has 1 aromatic rings. The van der Waals surface area contributed by atoms with Gasteiger partial charge in [-0.3, -0.25) is 0 Å². The third-order valence-corrected chi connectivity index (χ3v) is 8.09. The van der Waals surface area contributed by atoms with Crippen molar-refractivity contribution in [1.82, 2.24) is 0 Å². The quantitative estimate of drug-likeness (QED) is 0.616. The molecule has 0 amide bonds. The maximum atomic E-state index is 14.2. The Kier molecular flexibility index (Phi) is 4.12. The molecule has 1 aliphatic heterocycles. The summed E-state index contributed by atoms with van der Waals surface area (Å²) < 4.78 is 6.73. The standard InChI is InChI=1S/C23H33NO3/c1-2-13-27-23-10-4-3-9-22(23)11-12-24(26,16-17-5-6-17)21(23)14-18-7-8-19(25)15-20(18)22/h7-8,15,17,21,25H,2-6,9-14,16H2,1H3/t21-,22+,23+,24?/m0/s1. The van der Waals surface area contributed by atoms with Gasteiger partial charge in [-0.05, 0) is 55.4 Å². The number of hydrogen-bond acceptors (Lipinski definition) is 3. The number of hydroxylamine groups is 3. The lowest BCUT2D eigenvalue weighted by molar-refractivity contribution is -0.924. The van der Waals surface area contributed by atoms with Gasteiger partial charge in [0.2, 0.25) is 0 Å². The second-order valence-corrected chi connectivity index (χ2v) is 9.64. The number of piperidine rings is 1. The summed E-state index contributed by atoms with van der Waals surface area (Å²) in [7, 11) is 0. The Labute approximate surface area is 162 Å². The number of rotatable bonds is 5. The average molecular weight is 372 g/mol. The molecule has 3 fully saturated rings. The molecule has 0 radical (unpaired) electrons. The summed E-state index contributed by atoms with van der Waals surface area (Å²) >= 11 is 0. The van der Waals surface area contributed by atoms with Gasteiger partial charge in [0.1, 0.15) is 17.4 Å². The van der Waals surface area contributed by atoms with Crippen LogP contribution in [0.5, 0.6) is 5.75 Å². The van der Waals surface area contributed by atoms with Crippen molar-refractivity contribution in [3.05, 3.63) is 34.5 Å². The first-order valence-electron chi connectivity index (χ1n) is 11.1. The minimum atomic E-state index is -0.350. The van der Waals surface area contributed by atoms with Gasteiger partial charge < -0.3 is 19.7 Å². The topological polar surface area (TPSA) is 52.5 Å². The van der Waals surface area contributed by atoms with Gasteiger partial charge in [-0.2, -0.15) is 0 Å². The number of quaternary nitrogens is 1. The normalized spacial score (nSPS) is 40.3. The Morgan fingerprint density at radius 1 is 1.22 bits per heavy atom. The highest BCUT2D eigenvalue weighted by Crippen LogP contribution is 2.62. The van der Waals surface area contributed by atoms with Crippen LogP contribution in [0.25, 0.3) is 0 Å². The van der Waals surface area contributed by atoms with Crippen LogP contribution < -0.4 is 0 Å². The first kappa shape index (κ1) is 18.0. The van der Waals surface area contributed by atoms with E-state index in [0.29, 0.717) is 18.2 Å². The molecule has 1 saturated heterocycles. The Hall–Kier alpha value is -1.10. The van der Waals surface area contributed by atoms with E-state index in [-0.39, 0.29) is 21.7 Å². The van der Waals surface area contributed by atoms with E-state index in [9.17, 15) is 10.3 Å². The maximum absolute atomic E-state index is 14.2. The lowest BCUT2D eigenvalue weighted by atomic mass is 9.49. The van der Waals surface area contributed by atoms with Crippen molar-refractivity contribution in [1.29, 1.82) is 0 Å². The molecule has 2 bridgehead atoms. The largest absolute Gasteiger partial charge is 0.632 e. The van der Waals surface area contributed by atoms with Crippen LogP contribution >= 0.6 is 0 Å². The summed E-state index contributed by atoms with van der Waals surface area (Å²) in [6.07, 6.45) is 9.59. The summed E-state index contributed by atoms with van der Waals surface area (Å²) in [4.78, 5) is 0. The smallest absolute Gasteiger partial charge is 0.130 e. The van der Waals surface area contributed by atoms with E-state index < -0.39 is 0 Å². The van der Waals surface area contributed by atoms with Crippen LogP contribution in [0.15, 0.2) is 18.2 Å². The lowest BCUT2D eigenvalue weighted by Gasteiger charge is -2.69. The zero-order chi connectivity index (χ0) is 18.7. The van der Waals surface area contributed by atoms with Crippen molar-refractivity contribution >= 4 is 0 Å². The SMILES string of the molecule is CCCO[C@@]12CCCC[C@]13CC[N+]([O-])(CC1CC1)[C@H]2Cc1ccc(O)cc13. The second-order valence-electron chi connectivity index (χ2n) is 9.64. The number of nitrogens with zero attached hydrogens (tertiary/aromatic N) is 1. The monoisotopic (exact) mass is 371 g/mol. The number of phenols is 1. The van der Waals surface area contributed by atoms with Crippen molar-refractivity contribution in [3.8, 4) is 5.75 Å². The fourth-order valence-electron chi connectivity index (χ4n) is 6.77. The molecule has 1 N–H and O–H groups in total. The Morgan fingerprint density at radius 3 is 2.81 bits per heavy atom. The van der Waals surface area contributed by atoms with Crippen molar-refractivity contribution in [2.45, 2.75) is 81.8 Å². The molecule has 4 nitrogen and oxygen atoms in total. The Bertz CT molecular complexity index is 732. The summed E-state index contributed by atoms with van der Waals surface area (Å²) in [5.41, 5.74) is 2.13. The molecule has 4 aliphatic rings. The van der Waals surface area contributed by atoms with E-state index in [2.05, 4.69) is 13.0 Å². The third-order valence-electron chi connectivity index (χ3n) is 8.09. The zero-order valence-electron chi connectivity index (χ0n) is 16.6. The first-order chi connectivity index (χ1) is 13.0. The minimum Gasteiger partial charge on any atom is -0.632 e. The van der Waals surface area contributed by atoms with Gasteiger partial charge >= 0.3 is 0 Å². The van der Waals surface area contributed by atoms with Crippen LogP contribution in [0.1, 0.15) is 69.4 Å². The summed E-state index contributed by atoms with van der Waals surface area (Å²) in [6.45, 7) is 4.39. The van der Waals surface area contributed by atoms with E-state index in [1.165, 1.54) is 30.4 Å². The van der Waals surface area contributed by atoms with Crippen LogP contribution in [-0.4, -0.2) is 41.1 Å². The van der Waals surface area contributed by atoms with Gasteiger partial charge in [-0.25, -0.2) is 0 Å². The molecule has 0 aromatic heterocycles. The molecule has 4 atom stereocenters. The highest BCUT2D eigenvalue weighted by atomic mass is 16.6. The molecule has 2 saturated carbocycles. The van der Waals surface area contributed by atoms with Gasteiger partial charge in [-0.1, -0.05) is 25.8 Å². The van der Waals surface area contributed by atoms with Crippen LogP contribution in [-0.2, 0) is 16.6 Å². The van der Waals surface area contributed by atoms with Crippen LogP contribution in [0.4, 0.5) is 0 Å². The minimum absolute atomic E-state index is 0.00995. The first-order valence-corrected chi connectivity index (χ1v) is 11.1. The van der Waals surface area contributed by atoms with Crippen molar-refractivity contribution < 1.29 is 14.5 Å². The fourth-order valence-corrected chi connectivity index (χ4v) is 6.77. The molecule has 148 valence electrons. The Balaban J connectivity index is 1.67. The van der Waals surface area contributed by atoms with E-state index >= 15 is 0 Å². The molecule has 3 aliphatic carbocycles. The van der Waals surface area contributed by atoms with Crippen molar-refractivity contribution in [2.24, 2.45) is 5.92 Å². The van der Waals surface area contributed by atoms with Gasteiger partial charge in [-0.15, -0.1) is 0 Å². The van der Waals surface area contributed by atoms with Gasteiger partial charge in [0.15, 0.2) is 0 Å². The molecule has 5 rings (SSSR count). The third kappa shape index (κ3) is 2.53. The zero-order valence-corrected chi connectivity index (χ0v) is 16.6. The highest BCUT2D eigenvalue weighted by molar-refractivity contribution is 5.47. The van der Waals surface area contributed by atoms with Crippen molar-refractivity contribution in [2.75, 3.05) is 19.7 Å². The molecule has 27 heavy (non-hydrogen) atoms. The van der Waals surface area contributed by atoms with E-state index in [1.54, 1.807) is 6.07 Å². The number of hydrogen-bond donors (Lipinski definition) is 1. The summed E-state index contributed by atoms with van der Waals surface area (Å²) in [6, 6.07) is 5.88. The van der Waals surface area contributed by atoms with Crippen LogP contribution in [0, 0.1) is 11.1 Å². The van der Waals surface area contributed by atoms with Crippen LogP contribution in [0.3, 0.4) is 0 Å². The molecule has 1 unspecified atom stereocenters. The predicted octanol–water partition coefficient (Wildman–Crippen LogP) is 4.42. The van der Waals surface area contributed by atoms with Crippen molar-refractivity contribution in [3.63, 3.8) is 0 Å². The fraction of sp³-hybridized carbons (Fsp3) is 0.739. The molecule has 0 spiro atoms. The number of ether oxygens (including phenoxy) is 1. The maximum Gasteiger partial charge on any atom is 0.130 e. The lowest BCUT2D eigenvalue weighted by Crippen LogP contribution is -2.78. The van der Waals surface area contributed by atoms with Gasteiger partial charge in [0, 0.05) is 30.8 Å². The molecular weight excluding hydrogens is 338 g/mol. The number of aromatic hydroxyl groups is 1. The van der Waals surface area contributed by atoms with E-state index in [1.807, 2.05) is 6.07 Å². The average Bonchev–Trinajstić information content (AvgIpc) is 3.47. The molecular formula is C23H33NO3. The summed E-state index contributed by atoms with van der Waals surface area (Å²) in [5.74, 6) is 0.978. The molecule has 1 aromatic carbocycles. The van der Waals surface area contributed by atoms with Gasteiger partial charge in [0.05, 0.1) is 13.1 Å². The number of phenolic OH excluding ortho intramolecular Hbond substituents is 1. The second kappa shape index (κ2) is 6.20. The number of fused-ring (bicyclic) bond motifs is 1. The summed E-state index contributed by atoms with van der Waals surface area (Å²) in [5, 5.41) is 24.5. The van der Waals surface area contributed by atoms with E-state index in [4.69, 9.17) is 4.74 Å². The number of likely N-dealkylation sites (tertiary alicyclic amines) is 1. The van der Waals surface area contributed by atoms with Crippen LogP contribution in [0.2, 0.25) is 0 Å². The predicted molar refractivity (Wildman–Crippen MR) is 105 cm³/mol. The van der Waals surface area contributed by atoms with Gasteiger partial charge in [0.25, 0.3) is 0 Å². The number of benzene rings is 1. The van der Waals surface area contributed by atoms with E-state index in [0.717, 1.165) is 51.7 Å². The highest BCUT2D eigenvalue weighted by Gasteiger charge is 2.68. The Morgan fingerprint density at radius 2 is 2.04 bits per heavy atom. The molecule has 1 heterocycles.